The highest BCUT2D eigenvalue weighted by molar-refractivity contribution is 5.53. The van der Waals surface area contributed by atoms with Crippen molar-refractivity contribution >= 4 is 6.16 Å². The molecule has 0 spiro atoms. The Bertz CT molecular complexity index is 137. The van der Waals surface area contributed by atoms with Gasteiger partial charge in [-0.2, -0.15) is 0 Å². The number of unbranched alkanes of at least 4 members (excludes halogenated alkanes) is 1. The van der Waals surface area contributed by atoms with Crippen molar-refractivity contribution in [3.05, 3.63) is 0 Å². The minimum atomic E-state index is -1.83. The van der Waals surface area contributed by atoms with Gasteiger partial charge >= 0.3 is 6.16 Å². The summed E-state index contributed by atoms with van der Waals surface area (Å²) in [6.07, 6.45) is 0.490. The van der Waals surface area contributed by atoms with Gasteiger partial charge < -0.3 is 24.4 Å². The predicted molar refractivity (Wildman–Crippen MR) is 63.7 cm³/mol. The van der Waals surface area contributed by atoms with Crippen LogP contribution in [0.2, 0.25) is 0 Å². The minimum absolute atomic E-state index is 0.672. The Kier molecular flexibility index (Phi) is 19.1. The zero-order chi connectivity index (χ0) is 13.4. The number of carbonyl (C=O) groups is 1. The summed E-state index contributed by atoms with van der Waals surface area (Å²) in [5, 5.41) is 13.9. The number of hydrogen-bond acceptors (Lipinski definition) is 4. The van der Waals surface area contributed by atoms with Crippen LogP contribution in [0.4, 0.5) is 4.79 Å². The highest BCUT2D eigenvalue weighted by Crippen LogP contribution is 1.87. The average Bonchev–Trinajstić information content (AvgIpc) is 2.26. The fourth-order valence-electron chi connectivity index (χ4n) is 0.831. The zero-order valence-corrected chi connectivity index (χ0v) is 10.7. The molecule has 0 aliphatic heterocycles. The molecule has 0 aromatic heterocycles. The number of hydrogen-bond donors (Lipinski definition) is 2. The van der Waals surface area contributed by atoms with E-state index in [0.29, 0.717) is 26.4 Å². The van der Waals surface area contributed by atoms with Gasteiger partial charge in [-0.3, -0.25) is 0 Å². The summed E-state index contributed by atoms with van der Waals surface area (Å²) in [7, 11) is 0. The van der Waals surface area contributed by atoms with Crippen LogP contribution in [0.1, 0.15) is 26.7 Å². The molecule has 0 heterocycles. The van der Waals surface area contributed by atoms with E-state index < -0.39 is 6.16 Å². The van der Waals surface area contributed by atoms with E-state index in [1.165, 1.54) is 6.42 Å². The Morgan fingerprint density at radius 3 is 1.71 bits per heavy atom. The minimum Gasteiger partial charge on any atom is -0.450 e. The third-order valence-electron chi connectivity index (χ3n) is 1.59. The van der Waals surface area contributed by atoms with E-state index in [0.717, 1.165) is 19.6 Å². The largest absolute Gasteiger partial charge is 0.503 e. The van der Waals surface area contributed by atoms with Crippen LogP contribution < -0.4 is 0 Å². The second-order valence-corrected chi connectivity index (χ2v) is 3.06. The van der Waals surface area contributed by atoms with Gasteiger partial charge in [0, 0.05) is 13.2 Å². The van der Waals surface area contributed by atoms with E-state index in [1.54, 1.807) is 0 Å². The summed E-state index contributed by atoms with van der Waals surface area (Å²) < 4.78 is 15.7. The highest BCUT2D eigenvalue weighted by atomic mass is 16.6. The van der Waals surface area contributed by atoms with Crippen LogP contribution in [-0.2, 0) is 14.2 Å². The maximum Gasteiger partial charge on any atom is 0.503 e. The fraction of sp³-hybridized carbons (Fsp3) is 0.909. The molecule has 0 atom stereocenters. The number of carboxylic acid groups (broad SMARTS) is 2. The molecule has 0 amide bonds. The van der Waals surface area contributed by atoms with Crippen molar-refractivity contribution < 1.29 is 29.2 Å². The number of ether oxygens (including phenoxy) is 3. The third-order valence-corrected chi connectivity index (χ3v) is 1.59. The monoisotopic (exact) mass is 252 g/mol. The molecule has 6 heteroatoms. The van der Waals surface area contributed by atoms with Gasteiger partial charge in [0.1, 0.15) is 0 Å². The first kappa shape index (κ1) is 18.5. The smallest absolute Gasteiger partial charge is 0.450 e. The van der Waals surface area contributed by atoms with Gasteiger partial charge in [-0.25, -0.2) is 4.79 Å². The average molecular weight is 252 g/mol. The summed E-state index contributed by atoms with van der Waals surface area (Å²) in [6, 6.07) is 0. The van der Waals surface area contributed by atoms with Crippen molar-refractivity contribution in [1.29, 1.82) is 0 Å². The predicted octanol–water partition coefficient (Wildman–Crippen LogP) is 2.08. The molecule has 0 saturated heterocycles. The summed E-state index contributed by atoms with van der Waals surface area (Å²) in [5.41, 5.74) is 0. The normalized spacial score (nSPS) is 9.53. The van der Waals surface area contributed by atoms with Crippen LogP contribution in [0.5, 0.6) is 0 Å². The second kappa shape index (κ2) is 17.5. The highest BCUT2D eigenvalue weighted by Gasteiger charge is 1.89. The molecule has 0 unspecified atom stereocenters. The van der Waals surface area contributed by atoms with Gasteiger partial charge in [-0.15, -0.1) is 0 Å². The lowest BCUT2D eigenvalue weighted by Gasteiger charge is -2.05. The van der Waals surface area contributed by atoms with Crippen LogP contribution in [0.15, 0.2) is 0 Å². The van der Waals surface area contributed by atoms with Gasteiger partial charge in [0.2, 0.25) is 0 Å². The molecule has 0 aliphatic carbocycles. The Labute approximate surface area is 102 Å². The Balaban J connectivity index is 0. The van der Waals surface area contributed by atoms with Crippen LogP contribution in [0.25, 0.3) is 0 Å². The van der Waals surface area contributed by atoms with E-state index in [1.807, 2.05) is 6.92 Å². The zero-order valence-electron chi connectivity index (χ0n) is 10.7. The summed E-state index contributed by atoms with van der Waals surface area (Å²) >= 11 is 0. The van der Waals surface area contributed by atoms with Crippen molar-refractivity contribution in [3.8, 4) is 0 Å². The van der Waals surface area contributed by atoms with Gasteiger partial charge in [0.25, 0.3) is 0 Å². The van der Waals surface area contributed by atoms with Crippen molar-refractivity contribution in [2.75, 3.05) is 39.6 Å². The first-order valence-electron chi connectivity index (χ1n) is 5.80. The van der Waals surface area contributed by atoms with E-state index >= 15 is 0 Å². The van der Waals surface area contributed by atoms with Crippen LogP contribution in [-0.4, -0.2) is 56.0 Å². The standard InChI is InChI=1S/C10H22O3.CH2O3/c1-3-5-6-12-9-10-13-8-7-11-4-2;2-1(3)4/h3-10H2,1-2H3;(H2,2,3,4). The van der Waals surface area contributed by atoms with Crippen LogP contribution >= 0.6 is 0 Å². The van der Waals surface area contributed by atoms with Crippen molar-refractivity contribution in [2.24, 2.45) is 0 Å². The lowest BCUT2D eigenvalue weighted by molar-refractivity contribution is 0.0164. The van der Waals surface area contributed by atoms with E-state index in [9.17, 15) is 0 Å². The first-order chi connectivity index (χ1) is 8.15. The summed E-state index contributed by atoms with van der Waals surface area (Å²) in [4.78, 5) is 8.56. The lowest BCUT2D eigenvalue weighted by Crippen LogP contribution is -2.09. The molecule has 0 saturated carbocycles. The first-order valence-corrected chi connectivity index (χ1v) is 5.80. The van der Waals surface area contributed by atoms with Crippen LogP contribution in [0, 0.1) is 0 Å². The molecule has 0 aromatic carbocycles. The molecule has 2 N–H and O–H groups in total. The van der Waals surface area contributed by atoms with Gasteiger partial charge in [-0.05, 0) is 13.3 Å². The summed E-state index contributed by atoms with van der Waals surface area (Å²) in [5.74, 6) is 0. The van der Waals surface area contributed by atoms with Crippen molar-refractivity contribution in [1.82, 2.24) is 0 Å². The van der Waals surface area contributed by atoms with Gasteiger partial charge in [-0.1, -0.05) is 13.3 Å². The van der Waals surface area contributed by atoms with E-state index in [4.69, 9.17) is 29.2 Å². The molecule has 6 nitrogen and oxygen atoms in total. The topological polar surface area (TPSA) is 85.2 Å². The number of rotatable bonds is 10. The van der Waals surface area contributed by atoms with Crippen molar-refractivity contribution in [3.63, 3.8) is 0 Å². The fourth-order valence-corrected chi connectivity index (χ4v) is 0.831. The quantitative estimate of drug-likeness (QED) is 0.579. The van der Waals surface area contributed by atoms with E-state index in [2.05, 4.69) is 6.92 Å². The molecule has 104 valence electrons. The SMILES string of the molecule is CCCCOCCOCCOCC.O=C(O)O. The molecule has 0 rings (SSSR count). The Morgan fingerprint density at radius 2 is 1.29 bits per heavy atom. The molecular weight excluding hydrogens is 228 g/mol. The van der Waals surface area contributed by atoms with Crippen molar-refractivity contribution in [2.45, 2.75) is 26.7 Å². The molecule has 0 aliphatic rings. The van der Waals surface area contributed by atoms with Gasteiger partial charge in [0.15, 0.2) is 0 Å². The molecule has 17 heavy (non-hydrogen) atoms. The maximum atomic E-state index is 8.56. The van der Waals surface area contributed by atoms with Gasteiger partial charge in [0.05, 0.1) is 26.4 Å². The maximum absolute atomic E-state index is 8.56. The molecule has 0 aromatic rings. The molecule has 0 bridgehead atoms. The van der Waals surface area contributed by atoms with E-state index in [-0.39, 0.29) is 0 Å². The Morgan fingerprint density at radius 1 is 0.882 bits per heavy atom. The second-order valence-electron chi connectivity index (χ2n) is 3.06. The van der Waals surface area contributed by atoms with Crippen LogP contribution in [0.3, 0.4) is 0 Å². The molecule has 0 fully saturated rings. The molecule has 0 radical (unpaired) electrons. The lowest BCUT2D eigenvalue weighted by atomic mass is 10.4. The molecular formula is C11H24O6. The Hall–Kier alpha value is -0.850. The third kappa shape index (κ3) is 31.3. The summed E-state index contributed by atoms with van der Waals surface area (Å²) in [6.45, 7) is 8.48.